The van der Waals surface area contributed by atoms with Crippen LogP contribution in [0.3, 0.4) is 0 Å². The maximum absolute atomic E-state index is 6.41. The van der Waals surface area contributed by atoms with Crippen molar-refractivity contribution in [2.24, 2.45) is 5.92 Å². The average molecular weight is 418 g/mol. The molecule has 1 fully saturated rings. The fourth-order valence-corrected chi connectivity index (χ4v) is 3.76. The van der Waals surface area contributed by atoms with Crippen LogP contribution >= 0.6 is 22.9 Å². The molecule has 0 aliphatic heterocycles. The highest BCUT2D eigenvalue weighted by molar-refractivity contribution is 7.11. The van der Waals surface area contributed by atoms with E-state index in [1.807, 2.05) is 20.0 Å². The lowest BCUT2D eigenvalue weighted by atomic mass is 10.2. The summed E-state index contributed by atoms with van der Waals surface area (Å²) in [4.78, 5) is 12.8. The second kappa shape index (κ2) is 7.84. The van der Waals surface area contributed by atoms with Gasteiger partial charge in [0, 0.05) is 23.7 Å². The highest BCUT2D eigenvalue weighted by Gasteiger charge is 2.40. The number of nitrogens with one attached hydrogen (secondary N) is 1. The third-order valence-corrected chi connectivity index (χ3v) is 5.66. The summed E-state index contributed by atoms with van der Waals surface area (Å²) >= 11 is 7.92. The Morgan fingerprint density at radius 1 is 1.29 bits per heavy atom. The molecule has 3 N–H and O–H groups in total. The summed E-state index contributed by atoms with van der Waals surface area (Å²) in [6.45, 7) is 4.89. The highest BCUT2D eigenvalue weighted by atomic mass is 35.5. The lowest BCUT2D eigenvalue weighted by Crippen LogP contribution is -2.09. The van der Waals surface area contributed by atoms with E-state index in [-0.39, 0.29) is 11.8 Å². The molecule has 0 saturated heterocycles. The van der Waals surface area contributed by atoms with Gasteiger partial charge in [0.25, 0.3) is 0 Å². The number of halogens is 1. The largest absolute Gasteiger partial charge is 0.476 e. The molecule has 0 amide bonds. The summed E-state index contributed by atoms with van der Waals surface area (Å²) in [6, 6.07) is 4.16. The van der Waals surface area contributed by atoms with Crippen molar-refractivity contribution >= 4 is 34.7 Å². The third kappa shape index (κ3) is 4.31. The van der Waals surface area contributed by atoms with Gasteiger partial charge in [-0.3, -0.25) is 4.98 Å². The molecule has 1 aliphatic rings. The zero-order valence-corrected chi connectivity index (χ0v) is 17.1. The van der Waals surface area contributed by atoms with E-state index in [0.29, 0.717) is 35.8 Å². The highest BCUT2D eigenvalue weighted by Crippen LogP contribution is 2.47. The van der Waals surface area contributed by atoms with E-state index in [4.69, 9.17) is 22.1 Å². The zero-order chi connectivity index (χ0) is 19.7. The van der Waals surface area contributed by atoms with Crippen molar-refractivity contribution in [2.75, 3.05) is 17.7 Å². The first-order chi connectivity index (χ1) is 13.5. The number of nitrogen functional groups attached to an aromatic ring is 1. The fraction of sp³-hybridized carbons (Fsp3) is 0.389. The fourth-order valence-electron chi connectivity index (χ4n) is 2.90. The molecule has 0 spiro atoms. The Balaban J connectivity index is 1.38. The SMILES string of the molecule is Cc1ccc([C@H]2C[C@@H]2COc2nc(N)nc(NCc3nnc(C)s3)c2Cl)nc1. The number of pyridine rings is 1. The van der Waals surface area contributed by atoms with Gasteiger partial charge in [-0.1, -0.05) is 29.0 Å². The molecule has 0 bridgehead atoms. The number of aromatic nitrogens is 5. The molecular weight excluding hydrogens is 398 g/mol. The van der Waals surface area contributed by atoms with Crippen molar-refractivity contribution in [2.45, 2.75) is 32.7 Å². The van der Waals surface area contributed by atoms with Gasteiger partial charge in [0.05, 0.1) is 13.2 Å². The van der Waals surface area contributed by atoms with Crippen LogP contribution in [0.15, 0.2) is 18.3 Å². The molecule has 2 atom stereocenters. The minimum absolute atomic E-state index is 0.0999. The first kappa shape index (κ1) is 18.8. The third-order valence-electron chi connectivity index (χ3n) is 4.48. The molecule has 3 aromatic rings. The number of hydrogen-bond acceptors (Lipinski definition) is 9. The molecule has 0 radical (unpaired) electrons. The Morgan fingerprint density at radius 3 is 2.86 bits per heavy atom. The molecule has 0 unspecified atom stereocenters. The predicted octanol–water partition coefficient (Wildman–Crippen LogP) is 3.37. The van der Waals surface area contributed by atoms with Crippen LogP contribution in [-0.2, 0) is 6.54 Å². The van der Waals surface area contributed by atoms with Gasteiger partial charge < -0.3 is 15.8 Å². The average Bonchev–Trinajstić information content (AvgIpc) is 3.33. The minimum atomic E-state index is 0.0999. The Kier molecular flexibility index (Phi) is 5.27. The van der Waals surface area contributed by atoms with E-state index < -0.39 is 0 Å². The number of aryl methyl sites for hydroxylation is 2. The summed E-state index contributed by atoms with van der Waals surface area (Å²) in [5, 5.41) is 13.2. The van der Waals surface area contributed by atoms with Crippen molar-refractivity contribution in [1.82, 2.24) is 25.1 Å². The van der Waals surface area contributed by atoms with Crippen molar-refractivity contribution < 1.29 is 4.74 Å². The van der Waals surface area contributed by atoms with Gasteiger partial charge in [-0.2, -0.15) is 9.97 Å². The van der Waals surface area contributed by atoms with Crippen molar-refractivity contribution in [3.8, 4) is 5.88 Å². The first-order valence-corrected chi connectivity index (χ1v) is 10.1. The predicted molar refractivity (Wildman–Crippen MR) is 109 cm³/mol. The van der Waals surface area contributed by atoms with Crippen LogP contribution in [0.2, 0.25) is 5.02 Å². The Hall–Kier alpha value is -2.52. The maximum Gasteiger partial charge on any atom is 0.239 e. The van der Waals surface area contributed by atoms with Gasteiger partial charge in [0.15, 0.2) is 5.82 Å². The molecule has 1 aliphatic carbocycles. The van der Waals surface area contributed by atoms with E-state index in [9.17, 15) is 0 Å². The van der Waals surface area contributed by atoms with Gasteiger partial charge in [-0.05, 0) is 31.9 Å². The summed E-state index contributed by atoms with van der Waals surface area (Å²) in [6.07, 6.45) is 2.93. The van der Waals surface area contributed by atoms with Crippen LogP contribution in [0.4, 0.5) is 11.8 Å². The molecule has 1 saturated carbocycles. The molecule has 28 heavy (non-hydrogen) atoms. The van der Waals surface area contributed by atoms with E-state index >= 15 is 0 Å². The quantitative estimate of drug-likeness (QED) is 0.601. The molecule has 10 heteroatoms. The van der Waals surface area contributed by atoms with E-state index in [1.165, 1.54) is 11.3 Å². The zero-order valence-electron chi connectivity index (χ0n) is 15.5. The maximum atomic E-state index is 6.41. The number of hydrogen-bond donors (Lipinski definition) is 2. The van der Waals surface area contributed by atoms with Crippen molar-refractivity contribution in [3.63, 3.8) is 0 Å². The number of nitrogens with two attached hydrogens (primary N) is 1. The Labute approximate surface area is 171 Å². The Bertz CT molecular complexity index is 979. The lowest BCUT2D eigenvalue weighted by molar-refractivity contribution is 0.286. The van der Waals surface area contributed by atoms with Crippen LogP contribution in [0, 0.1) is 19.8 Å². The van der Waals surface area contributed by atoms with E-state index in [2.05, 4.69) is 42.6 Å². The van der Waals surface area contributed by atoms with Crippen LogP contribution in [0.5, 0.6) is 5.88 Å². The van der Waals surface area contributed by atoms with E-state index in [1.54, 1.807) is 0 Å². The summed E-state index contributed by atoms with van der Waals surface area (Å²) < 4.78 is 5.86. The number of anilines is 2. The number of rotatable bonds is 7. The topological polar surface area (TPSA) is 112 Å². The standard InChI is InChI=1S/C18H20ClN7OS/c1-9-3-4-13(21-6-9)12-5-11(12)8-27-17-15(19)16(23-18(20)24-17)22-7-14-26-25-10(2)28-14/h3-4,6,11-12H,5,7-8H2,1-2H3,(H3,20,22,23,24)/t11-,12+/m1/s1. The summed E-state index contributed by atoms with van der Waals surface area (Å²) in [5.74, 6) is 1.61. The normalized spacial score (nSPS) is 18.1. The van der Waals surface area contributed by atoms with Crippen LogP contribution < -0.4 is 15.8 Å². The van der Waals surface area contributed by atoms with Crippen LogP contribution in [0.25, 0.3) is 0 Å². The van der Waals surface area contributed by atoms with Gasteiger partial charge in [0.1, 0.15) is 15.0 Å². The van der Waals surface area contributed by atoms with Gasteiger partial charge in [-0.15, -0.1) is 10.2 Å². The van der Waals surface area contributed by atoms with Crippen molar-refractivity contribution in [1.29, 1.82) is 0 Å². The van der Waals surface area contributed by atoms with Crippen molar-refractivity contribution in [3.05, 3.63) is 44.6 Å². The molecular formula is C18H20ClN7OS. The van der Waals surface area contributed by atoms with Gasteiger partial charge >= 0.3 is 0 Å². The van der Waals surface area contributed by atoms with Gasteiger partial charge in [0.2, 0.25) is 11.8 Å². The second-order valence-electron chi connectivity index (χ2n) is 6.79. The van der Waals surface area contributed by atoms with Crippen LogP contribution in [0.1, 0.15) is 33.6 Å². The molecule has 3 aromatic heterocycles. The second-order valence-corrected chi connectivity index (χ2v) is 8.44. The van der Waals surface area contributed by atoms with Crippen LogP contribution in [-0.4, -0.2) is 31.8 Å². The number of ether oxygens (including phenoxy) is 1. The smallest absolute Gasteiger partial charge is 0.239 e. The van der Waals surface area contributed by atoms with E-state index in [0.717, 1.165) is 27.7 Å². The molecule has 4 rings (SSSR count). The Morgan fingerprint density at radius 2 is 2.14 bits per heavy atom. The monoisotopic (exact) mass is 417 g/mol. The minimum Gasteiger partial charge on any atom is -0.476 e. The summed E-state index contributed by atoms with van der Waals surface area (Å²) in [5.41, 5.74) is 8.08. The van der Waals surface area contributed by atoms with Gasteiger partial charge in [-0.25, -0.2) is 0 Å². The molecule has 8 nitrogen and oxygen atoms in total. The molecule has 0 aromatic carbocycles. The number of nitrogens with zero attached hydrogens (tertiary/aromatic N) is 5. The lowest BCUT2D eigenvalue weighted by Gasteiger charge is -2.11. The molecule has 3 heterocycles. The summed E-state index contributed by atoms with van der Waals surface area (Å²) in [7, 11) is 0. The first-order valence-electron chi connectivity index (χ1n) is 8.91. The molecule has 146 valence electrons.